The van der Waals surface area contributed by atoms with Crippen molar-refractivity contribution < 1.29 is 5.11 Å². The van der Waals surface area contributed by atoms with Crippen molar-refractivity contribution in [2.45, 2.75) is 51.0 Å². The highest BCUT2D eigenvalue weighted by atomic mass is 127. The normalized spacial score (nSPS) is 19.3. The summed E-state index contributed by atoms with van der Waals surface area (Å²) in [6, 6.07) is 6.39. The molecule has 100 valence electrons. The van der Waals surface area contributed by atoms with Crippen molar-refractivity contribution in [3.63, 3.8) is 0 Å². The number of aliphatic hydroxyl groups is 1. The maximum Gasteiger partial charge on any atom is 0.0819 e. The minimum atomic E-state index is -0.510. The van der Waals surface area contributed by atoms with Crippen molar-refractivity contribution in [1.29, 1.82) is 0 Å². The topological polar surface area (TPSA) is 32.3 Å². The smallest absolute Gasteiger partial charge is 0.0819 e. The average Bonchev–Trinajstić information content (AvgIpc) is 2.56. The van der Waals surface area contributed by atoms with Gasteiger partial charge in [0.25, 0.3) is 0 Å². The highest BCUT2D eigenvalue weighted by Gasteiger charge is 2.27. The summed E-state index contributed by atoms with van der Waals surface area (Å²) in [4.78, 5) is 0. The lowest BCUT2D eigenvalue weighted by molar-refractivity contribution is 0.0381. The first kappa shape index (κ1) is 14.1. The van der Waals surface area contributed by atoms with Crippen molar-refractivity contribution in [2.75, 3.05) is 11.9 Å². The molecule has 0 heterocycles. The highest BCUT2D eigenvalue weighted by molar-refractivity contribution is 14.1. The molecule has 2 N–H and O–H groups in total. The average molecular weight is 359 g/mol. The minimum absolute atomic E-state index is 0.510. The molecule has 18 heavy (non-hydrogen) atoms. The van der Waals surface area contributed by atoms with Crippen LogP contribution >= 0.6 is 22.6 Å². The van der Waals surface area contributed by atoms with Crippen LogP contribution in [0.1, 0.15) is 44.1 Å². The van der Waals surface area contributed by atoms with Gasteiger partial charge in [-0.3, -0.25) is 0 Å². The molecule has 0 saturated heterocycles. The number of rotatable bonds is 3. The first-order valence-electron chi connectivity index (χ1n) is 6.81. The number of nitrogens with one attached hydrogen (secondary N) is 1. The Balaban J connectivity index is 1.99. The van der Waals surface area contributed by atoms with Crippen LogP contribution in [-0.2, 0) is 0 Å². The molecule has 1 aromatic carbocycles. The van der Waals surface area contributed by atoms with Crippen LogP contribution < -0.4 is 5.32 Å². The lowest BCUT2D eigenvalue weighted by Gasteiger charge is -2.27. The summed E-state index contributed by atoms with van der Waals surface area (Å²) in [6.45, 7) is 2.78. The van der Waals surface area contributed by atoms with Gasteiger partial charge in [0.15, 0.2) is 0 Å². The van der Waals surface area contributed by atoms with E-state index in [4.69, 9.17) is 0 Å². The molecule has 0 bridgehead atoms. The zero-order valence-electron chi connectivity index (χ0n) is 11.0. The molecule has 2 nitrogen and oxygen atoms in total. The quantitative estimate of drug-likeness (QED) is 0.629. The van der Waals surface area contributed by atoms with Crippen LogP contribution in [0.25, 0.3) is 0 Å². The fourth-order valence-corrected chi connectivity index (χ4v) is 3.10. The maximum atomic E-state index is 10.6. The van der Waals surface area contributed by atoms with Gasteiger partial charge in [0.05, 0.1) is 5.60 Å². The van der Waals surface area contributed by atoms with Gasteiger partial charge in [-0.1, -0.05) is 31.7 Å². The zero-order valence-corrected chi connectivity index (χ0v) is 13.2. The number of hydrogen-bond acceptors (Lipinski definition) is 2. The van der Waals surface area contributed by atoms with E-state index in [-0.39, 0.29) is 0 Å². The van der Waals surface area contributed by atoms with Crippen LogP contribution in [0.4, 0.5) is 5.69 Å². The van der Waals surface area contributed by atoms with Crippen molar-refractivity contribution >= 4 is 28.3 Å². The fourth-order valence-electron chi connectivity index (χ4n) is 2.61. The highest BCUT2D eigenvalue weighted by Crippen LogP contribution is 2.28. The molecular weight excluding hydrogens is 337 g/mol. The van der Waals surface area contributed by atoms with Crippen molar-refractivity contribution in [1.82, 2.24) is 0 Å². The lowest BCUT2D eigenvalue weighted by atomic mass is 9.94. The Morgan fingerprint density at radius 2 is 1.89 bits per heavy atom. The van der Waals surface area contributed by atoms with E-state index in [1.807, 2.05) is 0 Å². The Labute approximate surface area is 123 Å². The van der Waals surface area contributed by atoms with E-state index in [0.29, 0.717) is 6.54 Å². The number of halogens is 1. The van der Waals surface area contributed by atoms with E-state index in [0.717, 1.165) is 31.4 Å². The van der Waals surface area contributed by atoms with Crippen LogP contribution in [0, 0.1) is 10.5 Å². The van der Waals surface area contributed by atoms with Gasteiger partial charge in [-0.05, 0) is 60.1 Å². The minimum Gasteiger partial charge on any atom is -0.388 e. The van der Waals surface area contributed by atoms with Gasteiger partial charge >= 0.3 is 0 Å². The molecule has 1 fully saturated rings. The van der Waals surface area contributed by atoms with Crippen LogP contribution in [0.5, 0.6) is 0 Å². The first-order chi connectivity index (χ1) is 8.59. The van der Waals surface area contributed by atoms with Gasteiger partial charge in [0.2, 0.25) is 0 Å². The first-order valence-corrected chi connectivity index (χ1v) is 7.89. The van der Waals surface area contributed by atoms with Gasteiger partial charge in [-0.2, -0.15) is 0 Å². The SMILES string of the molecule is Cc1ccc(I)cc1NCC1(O)CCCCCC1. The molecule has 0 aliphatic heterocycles. The summed E-state index contributed by atoms with van der Waals surface area (Å²) in [5, 5.41) is 14.0. The second-order valence-corrected chi connectivity index (χ2v) is 6.70. The fraction of sp³-hybridized carbons (Fsp3) is 0.600. The second kappa shape index (κ2) is 6.24. The molecule has 2 rings (SSSR count). The standard InChI is InChI=1S/C15H22INO/c1-12-6-7-13(16)10-14(12)17-11-15(18)8-4-2-3-5-9-15/h6-7,10,17-18H,2-5,8-9,11H2,1H3. The van der Waals surface area contributed by atoms with Crippen LogP contribution in [0.15, 0.2) is 18.2 Å². The van der Waals surface area contributed by atoms with E-state index in [2.05, 4.69) is 53.0 Å². The van der Waals surface area contributed by atoms with Crippen LogP contribution in [0.2, 0.25) is 0 Å². The largest absolute Gasteiger partial charge is 0.388 e. The molecule has 3 heteroatoms. The molecule has 0 atom stereocenters. The molecule has 1 aliphatic carbocycles. The predicted octanol–water partition coefficient (Wildman–Crippen LogP) is 4.10. The van der Waals surface area contributed by atoms with Crippen LogP contribution in [0.3, 0.4) is 0 Å². The van der Waals surface area contributed by atoms with Crippen molar-refractivity contribution in [3.05, 3.63) is 27.3 Å². The molecule has 0 amide bonds. The third-order valence-corrected chi connectivity index (χ3v) is 4.51. The summed E-state index contributed by atoms with van der Waals surface area (Å²) in [6.07, 6.45) is 6.72. The Morgan fingerprint density at radius 3 is 2.56 bits per heavy atom. The molecule has 1 aliphatic rings. The van der Waals surface area contributed by atoms with Crippen molar-refractivity contribution in [2.24, 2.45) is 0 Å². The third-order valence-electron chi connectivity index (χ3n) is 3.84. The lowest BCUT2D eigenvalue weighted by Crippen LogP contribution is -2.36. The third kappa shape index (κ3) is 3.85. The van der Waals surface area contributed by atoms with E-state index in [1.165, 1.54) is 22.0 Å². The summed E-state index contributed by atoms with van der Waals surface area (Å²) in [5.41, 5.74) is 1.89. The van der Waals surface area contributed by atoms with Crippen molar-refractivity contribution in [3.8, 4) is 0 Å². The Bertz CT molecular complexity index is 397. The number of anilines is 1. The maximum absolute atomic E-state index is 10.6. The predicted molar refractivity (Wildman–Crippen MR) is 85.0 cm³/mol. The van der Waals surface area contributed by atoms with Gasteiger partial charge in [0.1, 0.15) is 0 Å². The van der Waals surface area contributed by atoms with E-state index < -0.39 is 5.60 Å². The Morgan fingerprint density at radius 1 is 1.22 bits per heavy atom. The van der Waals surface area contributed by atoms with E-state index >= 15 is 0 Å². The second-order valence-electron chi connectivity index (χ2n) is 5.45. The van der Waals surface area contributed by atoms with Gasteiger partial charge in [-0.25, -0.2) is 0 Å². The van der Waals surface area contributed by atoms with E-state index in [9.17, 15) is 5.11 Å². The molecule has 1 saturated carbocycles. The molecular formula is C15H22INO. The molecule has 1 aromatic rings. The molecule has 0 radical (unpaired) electrons. The summed E-state index contributed by atoms with van der Waals surface area (Å²) < 4.78 is 1.23. The van der Waals surface area contributed by atoms with Gasteiger partial charge < -0.3 is 10.4 Å². The summed E-state index contributed by atoms with van der Waals surface area (Å²) in [7, 11) is 0. The Hall–Kier alpha value is -0.290. The molecule has 0 aromatic heterocycles. The number of benzene rings is 1. The molecule has 0 unspecified atom stereocenters. The summed E-state index contributed by atoms with van der Waals surface area (Å²) in [5.74, 6) is 0. The van der Waals surface area contributed by atoms with Gasteiger partial charge in [0, 0.05) is 15.8 Å². The van der Waals surface area contributed by atoms with E-state index in [1.54, 1.807) is 0 Å². The summed E-state index contributed by atoms with van der Waals surface area (Å²) >= 11 is 2.32. The zero-order chi connectivity index (χ0) is 13.0. The van der Waals surface area contributed by atoms with Crippen LogP contribution in [-0.4, -0.2) is 17.3 Å². The monoisotopic (exact) mass is 359 g/mol. The molecule has 0 spiro atoms. The number of hydrogen-bond donors (Lipinski definition) is 2. The Kier molecular flexibility index (Phi) is 4.90. The number of aryl methyl sites for hydroxylation is 1. The van der Waals surface area contributed by atoms with Gasteiger partial charge in [-0.15, -0.1) is 0 Å².